The number of fused-ring (bicyclic) bond motifs is 1. The first-order valence-electron chi connectivity index (χ1n) is 8.72. The maximum Gasteiger partial charge on any atom is 0.0236 e. The summed E-state index contributed by atoms with van der Waals surface area (Å²) in [7, 11) is 2.14. The molecule has 2 heteroatoms. The van der Waals surface area contributed by atoms with Crippen molar-refractivity contribution >= 4 is 0 Å². The average Bonchev–Trinajstić information content (AvgIpc) is 2.69. The fourth-order valence-corrected chi connectivity index (χ4v) is 4.34. The van der Waals surface area contributed by atoms with Crippen LogP contribution < -0.4 is 5.32 Å². The summed E-state index contributed by atoms with van der Waals surface area (Å²) in [4.78, 5) is 2.71. The molecule has 2 nitrogen and oxygen atoms in total. The fraction of sp³-hybridized carbons (Fsp3) is 0.684. The van der Waals surface area contributed by atoms with E-state index in [2.05, 4.69) is 48.5 Å². The Hall–Kier alpha value is -0.860. The second-order valence-electron chi connectivity index (χ2n) is 7.18. The minimum absolute atomic E-state index is 0.722. The molecule has 1 aliphatic heterocycles. The van der Waals surface area contributed by atoms with E-state index in [0.717, 1.165) is 24.4 Å². The van der Waals surface area contributed by atoms with Gasteiger partial charge in [-0.3, -0.25) is 4.90 Å². The van der Waals surface area contributed by atoms with Gasteiger partial charge in [-0.1, -0.05) is 31.2 Å². The van der Waals surface area contributed by atoms with E-state index >= 15 is 0 Å². The van der Waals surface area contributed by atoms with Crippen LogP contribution in [0.4, 0.5) is 0 Å². The second-order valence-corrected chi connectivity index (χ2v) is 7.18. The monoisotopic (exact) mass is 286 g/mol. The minimum Gasteiger partial charge on any atom is -0.317 e. The molecule has 3 unspecified atom stereocenters. The van der Waals surface area contributed by atoms with Crippen molar-refractivity contribution in [1.29, 1.82) is 0 Å². The summed E-state index contributed by atoms with van der Waals surface area (Å²) in [5.74, 6) is 1.72. The zero-order chi connectivity index (χ0) is 14.7. The number of rotatable bonds is 3. The Kier molecular flexibility index (Phi) is 4.97. The predicted octanol–water partition coefficient (Wildman–Crippen LogP) is 3.46. The number of aryl methyl sites for hydroxylation is 1. The molecule has 3 atom stereocenters. The van der Waals surface area contributed by atoms with Crippen molar-refractivity contribution in [1.82, 2.24) is 10.2 Å². The summed E-state index contributed by atoms with van der Waals surface area (Å²) in [6.45, 7) is 6.11. The van der Waals surface area contributed by atoms with Crippen LogP contribution in [0.15, 0.2) is 24.3 Å². The Morgan fingerprint density at radius 2 is 2.00 bits per heavy atom. The summed E-state index contributed by atoms with van der Waals surface area (Å²) in [5, 5.41) is 3.57. The predicted molar refractivity (Wildman–Crippen MR) is 89.4 cm³/mol. The van der Waals surface area contributed by atoms with Gasteiger partial charge in [0.25, 0.3) is 0 Å². The maximum atomic E-state index is 3.57. The smallest absolute Gasteiger partial charge is 0.0236 e. The van der Waals surface area contributed by atoms with E-state index in [9.17, 15) is 0 Å². The van der Waals surface area contributed by atoms with Gasteiger partial charge in [-0.25, -0.2) is 0 Å². The summed E-state index contributed by atoms with van der Waals surface area (Å²) in [6.07, 6.45) is 6.70. The molecule has 1 heterocycles. The van der Waals surface area contributed by atoms with Gasteiger partial charge in [-0.2, -0.15) is 0 Å². The molecule has 1 N–H and O–H groups in total. The van der Waals surface area contributed by atoms with Gasteiger partial charge in [0.2, 0.25) is 0 Å². The van der Waals surface area contributed by atoms with Crippen LogP contribution in [0.25, 0.3) is 0 Å². The lowest BCUT2D eigenvalue weighted by atomic mass is 9.78. The molecule has 1 fully saturated rings. The third-order valence-corrected chi connectivity index (χ3v) is 5.54. The molecule has 0 bridgehead atoms. The zero-order valence-corrected chi connectivity index (χ0v) is 13.6. The van der Waals surface area contributed by atoms with Gasteiger partial charge >= 0.3 is 0 Å². The summed E-state index contributed by atoms with van der Waals surface area (Å²) in [6, 6.07) is 9.75. The first-order valence-corrected chi connectivity index (χ1v) is 8.72. The fourth-order valence-electron chi connectivity index (χ4n) is 4.34. The highest BCUT2D eigenvalue weighted by Gasteiger charge is 2.29. The van der Waals surface area contributed by atoms with E-state index in [4.69, 9.17) is 0 Å². The second kappa shape index (κ2) is 6.93. The molecule has 0 spiro atoms. The number of nitrogens with zero attached hydrogens (tertiary/aromatic N) is 1. The van der Waals surface area contributed by atoms with Gasteiger partial charge in [-0.05, 0) is 68.7 Å². The summed E-state index contributed by atoms with van der Waals surface area (Å²) < 4.78 is 0. The molecule has 1 aromatic carbocycles. The Morgan fingerprint density at radius 3 is 2.81 bits per heavy atom. The molecule has 0 amide bonds. The summed E-state index contributed by atoms with van der Waals surface area (Å²) in [5.41, 5.74) is 3.13. The Morgan fingerprint density at radius 1 is 1.19 bits per heavy atom. The molecular formula is C19H30N2. The highest BCUT2D eigenvalue weighted by molar-refractivity contribution is 5.28. The first-order chi connectivity index (χ1) is 10.3. The standard InChI is InChI=1S/C19H30N2/c1-15-9-10-19(20-2)18(12-15)14-21-11-5-8-16-6-3-4-7-17(16)13-21/h3-4,6-7,15,18-20H,5,8-14H2,1-2H3. The highest BCUT2D eigenvalue weighted by atomic mass is 15.1. The molecule has 1 aromatic rings. The molecular weight excluding hydrogens is 256 g/mol. The first kappa shape index (κ1) is 15.1. The molecule has 2 aliphatic rings. The molecule has 21 heavy (non-hydrogen) atoms. The van der Waals surface area contributed by atoms with E-state index in [-0.39, 0.29) is 0 Å². The van der Waals surface area contributed by atoms with E-state index in [0.29, 0.717) is 0 Å². The van der Waals surface area contributed by atoms with E-state index in [1.165, 1.54) is 45.2 Å². The number of benzene rings is 1. The Labute approximate surface area is 129 Å². The number of nitrogens with one attached hydrogen (secondary N) is 1. The van der Waals surface area contributed by atoms with Crippen molar-refractivity contribution in [2.24, 2.45) is 11.8 Å². The SMILES string of the molecule is CNC1CCC(C)CC1CN1CCCc2ccccc2C1. The van der Waals surface area contributed by atoms with Crippen molar-refractivity contribution in [3.8, 4) is 0 Å². The third-order valence-electron chi connectivity index (χ3n) is 5.54. The lowest BCUT2D eigenvalue weighted by Gasteiger charge is -2.37. The van der Waals surface area contributed by atoms with Gasteiger partial charge in [-0.15, -0.1) is 0 Å². The minimum atomic E-state index is 0.722. The van der Waals surface area contributed by atoms with Crippen LogP contribution >= 0.6 is 0 Å². The van der Waals surface area contributed by atoms with Crippen LogP contribution in [0.1, 0.15) is 43.7 Å². The van der Waals surface area contributed by atoms with Crippen LogP contribution in [0.3, 0.4) is 0 Å². The highest BCUT2D eigenvalue weighted by Crippen LogP contribution is 2.30. The van der Waals surface area contributed by atoms with Crippen molar-refractivity contribution in [3.63, 3.8) is 0 Å². The van der Waals surface area contributed by atoms with Gasteiger partial charge in [0.1, 0.15) is 0 Å². The lowest BCUT2D eigenvalue weighted by molar-refractivity contribution is 0.145. The van der Waals surface area contributed by atoms with Gasteiger partial charge in [0, 0.05) is 19.1 Å². The lowest BCUT2D eigenvalue weighted by Crippen LogP contribution is -2.44. The molecule has 116 valence electrons. The van der Waals surface area contributed by atoms with Crippen molar-refractivity contribution in [3.05, 3.63) is 35.4 Å². The van der Waals surface area contributed by atoms with Crippen LogP contribution in [0.2, 0.25) is 0 Å². The normalized spacial score (nSPS) is 30.7. The van der Waals surface area contributed by atoms with Crippen LogP contribution in [0.5, 0.6) is 0 Å². The van der Waals surface area contributed by atoms with Gasteiger partial charge in [0.15, 0.2) is 0 Å². The van der Waals surface area contributed by atoms with Crippen LogP contribution in [-0.2, 0) is 13.0 Å². The van der Waals surface area contributed by atoms with E-state index in [1.54, 1.807) is 11.1 Å². The molecule has 1 saturated carbocycles. The summed E-state index contributed by atoms with van der Waals surface area (Å²) >= 11 is 0. The quantitative estimate of drug-likeness (QED) is 0.915. The van der Waals surface area contributed by atoms with E-state index < -0.39 is 0 Å². The average molecular weight is 286 g/mol. The van der Waals surface area contributed by atoms with Crippen LogP contribution in [0, 0.1) is 11.8 Å². The number of hydrogen-bond acceptors (Lipinski definition) is 2. The van der Waals surface area contributed by atoms with Gasteiger partial charge < -0.3 is 5.32 Å². The van der Waals surface area contributed by atoms with Crippen molar-refractivity contribution in [2.45, 2.75) is 51.6 Å². The van der Waals surface area contributed by atoms with Gasteiger partial charge in [0.05, 0.1) is 0 Å². The molecule has 0 radical (unpaired) electrons. The van der Waals surface area contributed by atoms with Crippen molar-refractivity contribution < 1.29 is 0 Å². The van der Waals surface area contributed by atoms with Crippen molar-refractivity contribution in [2.75, 3.05) is 20.1 Å². The number of hydrogen-bond donors (Lipinski definition) is 1. The molecule has 0 saturated heterocycles. The Bertz CT molecular complexity index is 457. The zero-order valence-electron chi connectivity index (χ0n) is 13.6. The largest absolute Gasteiger partial charge is 0.317 e. The van der Waals surface area contributed by atoms with E-state index in [1.807, 2.05) is 0 Å². The maximum absolute atomic E-state index is 3.57. The molecule has 1 aliphatic carbocycles. The molecule has 3 rings (SSSR count). The Balaban J connectivity index is 1.66. The third kappa shape index (κ3) is 3.67. The topological polar surface area (TPSA) is 15.3 Å². The van der Waals surface area contributed by atoms with Crippen LogP contribution in [-0.4, -0.2) is 31.1 Å². The molecule has 0 aromatic heterocycles.